The lowest BCUT2D eigenvalue weighted by Gasteiger charge is -2.36. The van der Waals surface area contributed by atoms with Gasteiger partial charge in [-0.3, -0.25) is 9.78 Å². The second-order valence-electron chi connectivity index (χ2n) is 5.34. The van der Waals surface area contributed by atoms with E-state index in [0.717, 1.165) is 11.8 Å². The van der Waals surface area contributed by atoms with Crippen LogP contribution in [-0.2, 0) is 4.79 Å². The third-order valence-electron chi connectivity index (χ3n) is 4.02. The molecule has 1 aromatic heterocycles. The number of piperazine rings is 1. The molecule has 0 bridgehead atoms. The van der Waals surface area contributed by atoms with Gasteiger partial charge >= 0.3 is 0 Å². The number of hydrogen-bond acceptors (Lipinski definition) is 3. The summed E-state index contributed by atoms with van der Waals surface area (Å²) in [7, 11) is 0. The average molecular weight is 305 g/mol. The van der Waals surface area contributed by atoms with Crippen LogP contribution in [0.15, 0.2) is 24.4 Å². The first-order valence-electron chi connectivity index (χ1n) is 7.36. The van der Waals surface area contributed by atoms with Gasteiger partial charge in [-0.25, -0.2) is 8.78 Å². The van der Waals surface area contributed by atoms with E-state index >= 15 is 0 Å². The van der Waals surface area contributed by atoms with Crippen molar-refractivity contribution in [3.05, 3.63) is 36.0 Å². The van der Waals surface area contributed by atoms with Crippen molar-refractivity contribution in [1.82, 2.24) is 9.88 Å². The Labute approximate surface area is 127 Å². The molecular weight excluding hydrogens is 288 g/mol. The number of benzene rings is 1. The normalized spacial score (nSPS) is 15.4. The minimum Gasteiger partial charge on any atom is -0.367 e. The Bertz CT molecular complexity index is 712. The molecule has 3 rings (SSSR count). The molecule has 0 unspecified atom stereocenters. The minimum absolute atomic E-state index is 0.135. The van der Waals surface area contributed by atoms with Crippen molar-refractivity contribution >= 4 is 22.5 Å². The fourth-order valence-corrected chi connectivity index (χ4v) is 2.86. The van der Waals surface area contributed by atoms with Crippen LogP contribution < -0.4 is 4.90 Å². The maximum Gasteiger partial charge on any atom is 0.222 e. The van der Waals surface area contributed by atoms with Gasteiger partial charge in [0.1, 0.15) is 11.3 Å². The van der Waals surface area contributed by atoms with Crippen LogP contribution in [0.25, 0.3) is 10.9 Å². The summed E-state index contributed by atoms with van der Waals surface area (Å²) in [6, 6.07) is 3.92. The van der Waals surface area contributed by atoms with E-state index in [-0.39, 0.29) is 11.4 Å². The molecule has 1 aliphatic rings. The van der Waals surface area contributed by atoms with Gasteiger partial charge in [-0.15, -0.1) is 0 Å². The molecule has 0 aliphatic carbocycles. The summed E-state index contributed by atoms with van der Waals surface area (Å²) in [5.41, 5.74) is 0.929. The van der Waals surface area contributed by atoms with Gasteiger partial charge in [-0.05, 0) is 12.1 Å². The molecule has 2 aromatic rings. The Balaban J connectivity index is 1.90. The van der Waals surface area contributed by atoms with Crippen LogP contribution in [0.2, 0.25) is 0 Å². The number of amides is 1. The highest BCUT2D eigenvalue weighted by Gasteiger charge is 2.22. The second-order valence-corrected chi connectivity index (χ2v) is 5.34. The Morgan fingerprint density at radius 3 is 2.64 bits per heavy atom. The Morgan fingerprint density at radius 2 is 1.95 bits per heavy atom. The number of hydrogen-bond donors (Lipinski definition) is 0. The maximum absolute atomic E-state index is 13.8. The highest BCUT2D eigenvalue weighted by atomic mass is 19.1. The molecule has 1 aromatic carbocycles. The van der Waals surface area contributed by atoms with Crippen molar-refractivity contribution < 1.29 is 13.6 Å². The third kappa shape index (κ3) is 2.61. The van der Waals surface area contributed by atoms with Crippen LogP contribution in [0.1, 0.15) is 13.3 Å². The molecule has 1 amide bonds. The van der Waals surface area contributed by atoms with E-state index in [4.69, 9.17) is 0 Å². The highest BCUT2D eigenvalue weighted by molar-refractivity contribution is 5.92. The summed E-state index contributed by atoms with van der Waals surface area (Å²) in [5, 5.41) is 0.468. The van der Waals surface area contributed by atoms with Crippen molar-refractivity contribution in [2.45, 2.75) is 13.3 Å². The largest absolute Gasteiger partial charge is 0.367 e. The molecule has 4 nitrogen and oxygen atoms in total. The number of carbonyl (C=O) groups is 1. The van der Waals surface area contributed by atoms with E-state index in [2.05, 4.69) is 4.98 Å². The molecule has 0 atom stereocenters. The molecule has 1 fully saturated rings. The number of pyridine rings is 1. The van der Waals surface area contributed by atoms with Crippen molar-refractivity contribution in [2.75, 3.05) is 31.1 Å². The molecule has 0 N–H and O–H groups in total. The summed E-state index contributed by atoms with van der Waals surface area (Å²) in [5.74, 6) is -1.13. The number of halogens is 2. The molecule has 0 spiro atoms. The average Bonchev–Trinajstić information content (AvgIpc) is 2.54. The van der Waals surface area contributed by atoms with E-state index in [9.17, 15) is 13.6 Å². The smallest absolute Gasteiger partial charge is 0.222 e. The Kier molecular flexibility index (Phi) is 3.92. The number of anilines is 1. The minimum atomic E-state index is -0.656. The fraction of sp³-hybridized carbons (Fsp3) is 0.375. The molecule has 1 aliphatic heterocycles. The van der Waals surface area contributed by atoms with E-state index < -0.39 is 11.6 Å². The van der Waals surface area contributed by atoms with Crippen LogP contribution in [-0.4, -0.2) is 42.0 Å². The van der Waals surface area contributed by atoms with Gasteiger partial charge in [0.25, 0.3) is 0 Å². The standard InChI is InChI=1S/C16H17F2N3O/c1-2-15(22)21-7-5-20(6-8-21)14-3-4-19-16-12(14)9-11(17)10-13(16)18/h3-4,9-10H,2,5-8H2,1H3. The highest BCUT2D eigenvalue weighted by Crippen LogP contribution is 2.28. The summed E-state index contributed by atoms with van der Waals surface area (Å²) in [6.07, 6.45) is 2.02. The van der Waals surface area contributed by atoms with Gasteiger partial charge < -0.3 is 9.80 Å². The van der Waals surface area contributed by atoms with Gasteiger partial charge in [-0.1, -0.05) is 6.92 Å². The molecule has 2 heterocycles. The molecule has 6 heteroatoms. The van der Waals surface area contributed by atoms with Gasteiger partial charge in [0, 0.05) is 55.9 Å². The summed E-state index contributed by atoms with van der Waals surface area (Å²) in [4.78, 5) is 19.6. The first-order valence-corrected chi connectivity index (χ1v) is 7.36. The van der Waals surface area contributed by atoms with Crippen LogP contribution in [0, 0.1) is 11.6 Å². The zero-order valence-corrected chi connectivity index (χ0v) is 12.4. The van der Waals surface area contributed by atoms with Crippen molar-refractivity contribution in [3.63, 3.8) is 0 Å². The topological polar surface area (TPSA) is 36.4 Å². The summed E-state index contributed by atoms with van der Waals surface area (Å²) in [6.45, 7) is 4.37. The number of fused-ring (bicyclic) bond motifs is 1. The number of rotatable bonds is 2. The third-order valence-corrected chi connectivity index (χ3v) is 4.02. The zero-order chi connectivity index (χ0) is 15.7. The van der Waals surface area contributed by atoms with E-state index in [0.29, 0.717) is 38.0 Å². The molecule has 116 valence electrons. The van der Waals surface area contributed by atoms with E-state index in [1.165, 1.54) is 12.3 Å². The fourth-order valence-electron chi connectivity index (χ4n) is 2.86. The lowest BCUT2D eigenvalue weighted by Crippen LogP contribution is -2.48. The van der Waals surface area contributed by atoms with E-state index in [1.807, 2.05) is 16.7 Å². The molecule has 22 heavy (non-hydrogen) atoms. The summed E-state index contributed by atoms with van der Waals surface area (Å²) >= 11 is 0. The zero-order valence-electron chi connectivity index (χ0n) is 12.4. The van der Waals surface area contributed by atoms with Gasteiger partial charge in [0.05, 0.1) is 0 Å². The molecule has 0 saturated carbocycles. The predicted molar refractivity (Wildman–Crippen MR) is 80.7 cm³/mol. The van der Waals surface area contributed by atoms with Gasteiger partial charge in [0.15, 0.2) is 5.82 Å². The lowest BCUT2D eigenvalue weighted by atomic mass is 10.1. The number of carbonyl (C=O) groups excluding carboxylic acids is 1. The van der Waals surface area contributed by atoms with E-state index in [1.54, 1.807) is 6.07 Å². The van der Waals surface area contributed by atoms with Gasteiger partial charge in [-0.2, -0.15) is 0 Å². The van der Waals surface area contributed by atoms with Crippen molar-refractivity contribution in [2.24, 2.45) is 0 Å². The first-order chi connectivity index (χ1) is 10.6. The SMILES string of the molecule is CCC(=O)N1CCN(c2ccnc3c(F)cc(F)cc23)CC1. The maximum atomic E-state index is 13.8. The summed E-state index contributed by atoms with van der Waals surface area (Å²) < 4.78 is 27.4. The van der Waals surface area contributed by atoms with Gasteiger partial charge in [0.2, 0.25) is 5.91 Å². The first kappa shape index (κ1) is 14.7. The number of aromatic nitrogens is 1. The Hall–Kier alpha value is -2.24. The Morgan fingerprint density at radius 1 is 1.23 bits per heavy atom. The van der Waals surface area contributed by atoms with Crippen LogP contribution >= 0.6 is 0 Å². The second kappa shape index (κ2) is 5.87. The molecule has 1 saturated heterocycles. The van der Waals surface area contributed by atoms with Crippen LogP contribution in [0.5, 0.6) is 0 Å². The molecular formula is C16H17F2N3O. The lowest BCUT2D eigenvalue weighted by molar-refractivity contribution is -0.131. The quantitative estimate of drug-likeness (QED) is 0.855. The van der Waals surface area contributed by atoms with Crippen molar-refractivity contribution in [1.29, 1.82) is 0 Å². The molecule has 0 radical (unpaired) electrons. The van der Waals surface area contributed by atoms with Crippen LogP contribution in [0.4, 0.5) is 14.5 Å². The number of nitrogens with zero attached hydrogens (tertiary/aromatic N) is 3. The monoisotopic (exact) mass is 305 g/mol. The van der Waals surface area contributed by atoms with Crippen molar-refractivity contribution in [3.8, 4) is 0 Å². The van der Waals surface area contributed by atoms with Crippen LogP contribution in [0.3, 0.4) is 0 Å². The predicted octanol–water partition coefficient (Wildman–Crippen LogP) is 2.57.